The maximum Gasteiger partial charge on any atom is 0.377 e. The smallest absolute Gasteiger partial charge is 0.377 e. The van der Waals surface area contributed by atoms with Gasteiger partial charge in [-0.3, -0.25) is 4.90 Å². The van der Waals surface area contributed by atoms with Crippen LogP contribution in [0.2, 0.25) is 0 Å². The molecule has 1 N–H and O–H groups in total. The van der Waals surface area contributed by atoms with Gasteiger partial charge in [-0.1, -0.05) is 6.42 Å². The molecule has 1 aliphatic heterocycles. The third-order valence-electron chi connectivity index (χ3n) is 3.13. The lowest BCUT2D eigenvalue weighted by Crippen LogP contribution is -2.38. The fourth-order valence-corrected chi connectivity index (χ4v) is 2.29. The zero-order valence-corrected chi connectivity index (χ0v) is 10.1. The highest BCUT2D eigenvalue weighted by atomic mass is 16.5. The van der Waals surface area contributed by atoms with Gasteiger partial charge in [0.15, 0.2) is 0 Å². The van der Waals surface area contributed by atoms with Gasteiger partial charge >= 0.3 is 5.97 Å². The molecule has 0 aromatic carbocycles. The van der Waals surface area contributed by atoms with Gasteiger partial charge in [-0.25, -0.2) is 4.79 Å². The highest BCUT2D eigenvalue weighted by Crippen LogP contribution is 2.31. The molecule has 0 radical (unpaired) electrons. The van der Waals surface area contributed by atoms with Crippen LogP contribution in [0.15, 0.2) is 4.52 Å². The summed E-state index contributed by atoms with van der Waals surface area (Å²) >= 11 is 0. The molecule has 0 amide bonds. The predicted octanol–water partition coefficient (Wildman–Crippen LogP) is 1.70. The van der Waals surface area contributed by atoms with Crippen molar-refractivity contribution in [1.82, 2.24) is 15.0 Å². The number of likely N-dealkylation sites (tertiary alicyclic amines) is 1. The Morgan fingerprint density at radius 1 is 1.53 bits per heavy atom. The second-order valence-electron chi connectivity index (χ2n) is 4.60. The van der Waals surface area contributed by atoms with Crippen LogP contribution in [0.25, 0.3) is 0 Å². The molecule has 2 rings (SSSR count). The summed E-state index contributed by atoms with van der Waals surface area (Å²) < 4.78 is 5.06. The summed E-state index contributed by atoms with van der Waals surface area (Å²) in [5.41, 5.74) is 0. The zero-order valence-electron chi connectivity index (χ0n) is 10.1. The molecule has 2 heterocycles. The topological polar surface area (TPSA) is 79.5 Å². The molecule has 0 bridgehead atoms. The van der Waals surface area contributed by atoms with Crippen molar-refractivity contribution in [3.05, 3.63) is 11.7 Å². The van der Waals surface area contributed by atoms with Crippen LogP contribution in [-0.2, 0) is 0 Å². The fourth-order valence-electron chi connectivity index (χ4n) is 2.29. The van der Waals surface area contributed by atoms with Gasteiger partial charge in [0, 0.05) is 6.04 Å². The Hall–Kier alpha value is -1.43. The number of nitrogens with zero attached hydrogens (tertiary/aromatic N) is 3. The Labute approximate surface area is 99.6 Å². The van der Waals surface area contributed by atoms with Crippen molar-refractivity contribution >= 4 is 5.97 Å². The molecule has 0 spiro atoms. The van der Waals surface area contributed by atoms with Gasteiger partial charge < -0.3 is 9.63 Å². The molecular weight excluding hydrogens is 222 g/mol. The second-order valence-corrected chi connectivity index (χ2v) is 4.60. The van der Waals surface area contributed by atoms with Gasteiger partial charge in [0.25, 0.3) is 5.82 Å². The van der Waals surface area contributed by atoms with Gasteiger partial charge in [-0.15, -0.1) is 0 Å². The van der Waals surface area contributed by atoms with Gasteiger partial charge in [0.05, 0.1) is 6.04 Å². The molecule has 1 fully saturated rings. The number of carbonyl (C=O) groups is 1. The van der Waals surface area contributed by atoms with Crippen molar-refractivity contribution in [2.45, 2.75) is 45.2 Å². The van der Waals surface area contributed by atoms with Crippen LogP contribution in [0, 0.1) is 0 Å². The molecule has 17 heavy (non-hydrogen) atoms. The van der Waals surface area contributed by atoms with Crippen LogP contribution in [0.1, 0.15) is 55.7 Å². The van der Waals surface area contributed by atoms with Gasteiger partial charge in [0.2, 0.25) is 5.89 Å². The highest BCUT2D eigenvalue weighted by Gasteiger charge is 2.30. The summed E-state index contributed by atoms with van der Waals surface area (Å²) in [7, 11) is 0. The summed E-state index contributed by atoms with van der Waals surface area (Å²) in [4.78, 5) is 16.9. The van der Waals surface area contributed by atoms with Gasteiger partial charge in [-0.05, 0) is 38.4 Å². The van der Waals surface area contributed by atoms with E-state index in [2.05, 4.69) is 28.9 Å². The number of hydrogen-bond acceptors (Lipinski definition) is 5. The minimum Gasteiger partial charge on any atom is -0.475 e. The monoisotopic (exact) mass is 239 g/mol. The molecule has 94 valence electrons. The molecule has 6 heteroatoms. The Balaban J connectivity index is 2.20. The van der Waals surface area contributed by atoms with Crippen molar-refractivity contribution in [2.24, 2.45) is 0 Å². The molecule has 1 atom stereocenters. The summed E-state index contributed by atoms with van der Waals surface area (Å²) in [6, 6.07) is 0.449. The van der Waals surface area contributed by atoms with Crippen LogP contribution >= 0.6 is 0 Å². The van der Waals surface area contributed by atoms with Crippen molar-refractivity contribution in [3.63, 3.8) is 0 Å². The molecule has 0 aliphatic carbocycles. The minimum atomic E-state index is -1.15. The summed E-state index contributed by atoms with van der Waals surface area (Å²) in [6.07, 6.45) is 3.21. The van der Waals surface area contributed by atoms with Crippen molar-refractivity contribution in [1.29, 1.82) is 0 Å². The molecule has 1 aliphatic rings. The average Bonchev–Trinajstić information content (AvgIpc) is 2.78. The first-order valence-electron chi connectivity index (χ1n) is 5.92. The number of piperidine rings is 1. The normalized spacial score (nSPS) is 21.9. The van der Waals surface area contributed by atoms with E-state index in [1.54, 1.807) is 0 Å². The molecule has 1 saturated heterocycles. The first-order valence-corrected chi connectivity index (χ1v) is 5.92. The Bertz CT molecular complexity index is 402. The Morgan fingerprint density at radius 2 is 2.29 bits per heavy atom. The SMILES string of the molecule is CC(C)N1CCCCC1c1nc(C(=O)O)no1. The van der Waals surface area contributed by atoms with Crippen LogP contribution in [0.3, 0.4) is 0 Å². The average molecular weight is 239 g/mol. The second kappa shape index (κ2) is 4.83. The first-order chi connectivity index (χ1) is 8.09. The summed E-state index contributed by atoms with van der Waals surface area (Å²) in [5.74, 6) is -0.975. The molecule has 6 nitrogen and oxygen atoms in total. The number of carboxylic acid groups (broad SMARTS) is 1. The zero-order chi connectivity index (χ0) is 12.4. The lowest BCUT2D eigenvalue weighted by Gasteiger charge is -2.36. The number of rotatable bonds is 3. The van der Waals surface area contributed by atoms with Gasteiger partial charge in [-0.2, -0.15) is 4.98 Å². The number of aromatic carboxylic acids is 1. The highest BCUT2D eigenvalue weighted by molar-refractivity contribution is 5.82. The van der Waals surface area contributed by atoms with E-state index in [9.17, 15) is 4.79 Å². The van der Waals surface area contributed by atoms with Crippen molar-refractivity contribution in [3.8, 4) is 0 Å². The van der Waals surface area contributed by atoms with E-state index in [4.69, 9.17) is 9.63 Å². The first kappa shape index (κ1) is 12.0. The molecule has 1 unspecified atom stereocenters. The number of aromatic nitrogens is 2. The van der Waals surface area contributed by atoms with E-state index in [-0.39, 0.29) is 11.9 Å². The summed E-state index contributed by atoms with van der Waals surface area (Å²) in [5, 5.41) is 12.2. The maximum atomic E-state index is 10.7. The van der Waals surface area contributed by atoms with Gasteiger partial charge in [0.1, 0.15) is 0 Å². The lowest BCUT2D eigenvalue weighted by molar-refractivity contribution is 0.0679. The van der Waals surface area contributed by atoms with E-state index in [1.165, 1.54) is 0 Å². The standard InChI is InChI=1S/C11H17N3O3/c1-7(2)14-6-4-3-5-8(14)10-12-9(11(15)16)13-17-10/h7-8H,3-6H2,1-2H3,(H,15,16). The minimum absolute atomic E-state index is 0.0596. The lowest BCUT2D eigenvalue weighted by atomic mass is 10.0. The van der Waals surface area contributed by atoms with Crippen LogP contribution in [0.4, 0.5) is 0 Å². The van der Waals surface area contributed by atoms with E-state index < -0.39 is 5.97 Å². The van der Waals surface area contributed by atoms with Crippen molar-refractivity contribution < 1.29 is 14.4 Å². The molecular formula is C11H17N3O3. The van der Waals surface area contributed by atoms with Crippen LogP contribution in [-0.4, -0.2) is 38.7 Å². The van der Waals surface area contributed by atoms with Crippen molar-refractivity contribution in [2.75, 3.05) is 6.54 Å². The Morgan fingerprint density at radius 3 is 2.88 bits per heavy atom. The number of hydrogen-bond donors (Lipinski definition) is 1. The molecule has 0 saturated carbocycles. The fraction of sp³-hybridized carbons (Fsp3) is 0.727. The quantitative estimate of drug-likeness (QED) is 0.864. The van der Waals surface area contributed by atoms with E-state index >= 15 is 0 Å². The van der Waals surface area contributed by atoms with E-state index in [1.807, 2.05) is 0 Å². The molecule has 1 aromatic heterocycles. The predicted molar refractivity (Wildman–Crippen MR) is 59.7 cm³/mol. The maximum absolute atomic E-state index is 10.7. The van der Waals surface area contributed by atoms with E-state index in [0.717, 1.165) is 25.8 Å². The number of carboxylic acids is 1. The largest absolute Gasteiger partial charge is 0.475 e. The third kappa shape index (κ3) is 2.46. The van der Waals surface area contributed by atoms with Crippen LogP contribution < -0.4 is 0 Å². The third-order valence-corrected chi connectivity index (χ3v) is 3.13. The summed E-state index contributed by atoms with van der Waals surface area (Å²) in [6.45, 7) is 5.23. The van der Waals surface area contributed by atoms with Crippen LogP contribution in [0.5, 0.6) is 0 Å². The van der Waals surface area contributed by atoms with E-state index in [0.29, 0.717) is 11.9 Å². The Kier molecular flexibility index (Phi) is 3.42. The molecule has 1 aromatic rings.